The van der Waals surface area contributed by atoms with Gasteiger partial charge in [-0.25, -0.2) is 11.6 Å². The molecule has 1 aliphatic carbocycles. The van der Waals surface area contributed by atoms with Gasteiger partial charge in [0.05, 0.1) is 0 Å². The molecule has 1 heterocycles. The van der Waals surface area contributed by atoms with Crippen LogP contribution in [-0.4, -0.2) is 4.57 Å². The Morgan fingerprint density at radius 1 is 1.00 bits per heavy atom. The maximum Gasteiger partial charge on any atom is 4.00 e. The van der Waals surface area contributed by atoms with E-state index in [1.807, 2.05) is 12.1 Å². The van der Waals surface area contributed by atoms with Crippen molar-refractivity contribution in [2.45, 2.75) is 13.3 Å². The first-order valence-corrected chi connectivity index (χ1v) is 6.86. The number of hydrogen-bond donors (Lipinski definition) is 0. The van der Waals surface area contributed by atoms with Crippen LogP contribution in [0, 0.1) is 6.08 Å². The van der Waals surface area contributed by atoms with Crippen LogP contribution in [0.5, 0.6) is 0 Å². The topological polar surface area (TPSA) is 4.93 Å². The third-order valence-corrected chi connectivity index (χ3v) is 3.41. The Hall–Kier alpha value is -0.947. The summed E-state index contributed by atoms with van der Waals surface area (Å²) in [4.78, 5) is 0. The Labute approximate surface area is 169 Å². The third-order valence-electron chi connectivity index (χ3n) is 3.41. The Morgan fingerprint density at radius 2 is 1.70 bits per heavy atom. The molecule has 3 aromatic rings. The molecule has 0 radical (unpaired) electrons. The maximum atomic E-state index is 3.12. The zero-order chi connectivity index (χ0) is 13.8. The van der Waals surface area contributed by atoms with Crippen LogP contribution >= 0.6 is 0 Å². The van der Waals surface area contributed by atoms with Crippen molar-refractivity contribution in [2.75, 3.05) is 0 Å². The summed E-state index contributed by atoms with van der Waals surface area (Å²) in [5.74, 6) is 0. The van der Waals surface area contributed by atoms with E-state index in [1.54, 1.807) is 0 Å². The van der Waals surface area contributed by atoms with E-state index >= 15 is 0 Å². The molecule has 23 heavy (non-hydrogen) atoms. The molecule has 1 aliphatic rings. The molecule has 0 fully saturated rings. The Morgan fingerprint density at radius 3 is 2.26 bits per heavy atom. The summed E-state index contributed by atoms with van der Waals surface area (Å²) in [6.07, 6.45) is 12.5. The van der Waals surface area contributed by atoms with Crippen molar-refractivity contribution in [3.63, 3.8) is 0 Å². The Bertz CT molecular complexity index is 752. The van der Waals surface area contributed by atoms with Crippen molar-refractivity contribution >= 4 is 10.8 Å². The summed E-state index contributed by atoms with van der Waals surface area (Å²) in [6, 6.07) is 16.9. The van der Waals surface area contributed by atoms with Crippen LogP contribution in [0.25, 0.3) is 16.5 Å². The molecule has 0 N–H and O–H groups in total. The SMILES string of the molecule is CC1=[C-]CC=C1.[Cl-].[Cl-].[Zr+4].c1ccc2c(c1)cc[c-]2-n1cccc1. The van der Waals surface area contributed by atoms with E-state index in [9.17, 15) is 0 Å². The molecule has 0 amide bonds. The zero-order valence-corrected chi connectivity index (χ0v) is 16.8. The fourth-order valence-electron chi connectivity index (χ4n) is 2.37. The summed E-state index contributed by atoms with van der Waals surface area (Å²) in [7, 11) is 0. The number of nitrogens with zero attached hydrogens (tertiary/aromatic N) is 1. The van der Waals surface area contributed by atoms with Crippen LogP contribution in [0.4, 0.5) is 0 Å². The quantitative estimate of drug-likeness (QED) is 0.447. The van der Waals surface area contributed by atoms with E-state index in [1.165, 1.54) is 22.0 Å². The van der Waals surface area contributed by atoms with E-state index in [4.69, 9.17) is 0 Å². The minimum absolute atomic E-state index is 0. The molecule has 0 saturated heterocycles. The zero-order valence-electron chi connectivity index (χ0n) is 12.8. The number of fused-ring (bicyclic) bond motifs is 1. The van der Waals surface area contributed by atoms with Crippen LogP contribution < -0.4 is 24.8 Å². The van der Waals surface area contributed by atoms with Gasteiger partial charge in [-0.2, -0.15) is 6.08 Å². The number of allylic oxidation sites excluding steroid dienone is 4. The second-order valence-electron chi connectivity index (χ2n) is 4.86. The van der Waals surface area contributed by atoms with Crippen LogP contribution in [-0.2, 0) is 26.2 Å². The van der Waals surface area contributed by atoms with Crippen LogP contribution in [0.2, 0.25) is 0 Å². The second kappa shape index (κ2) is 10.8. The van der Waals surface area contributed by atoms with Crippen molar-refractivity contribution in [1.29, 1.82) is 0 Å². The van der Waals surface area contributed by atoms with Gasteiger partial charge < -0.3 is 29.4 Å². The molecule has 1 aromatic heterocycles. The molecular formula is C19H17Cl2NZr. The standard InChI is InChI=1S/C13H10N.C6H7.2ClH.Zr/c1-2-6-12-11(5-1)7-8-13(12)14-9-3-4-10-14;1-6-4-2-3-5-6;;;/h1-10H;2,4H,3H2,1H3;2*1H;/q2*-1;;;+4/p-2. The van der Waals surface area contributed by atoms with E-state index in [2.05, 4.69) is 78.5 Å². The van der Waals surface area contributed by atoms with Gasteiger partial charge >= 0.3 is 26.2 Å². The monoisotopic (exact) mass is 419 g/mol. The minimum atomic E-state index is 0. The first-order valence-electron chi connectivity index (χ1n) is 6.86. The molecule has 0 atom stereocenters. The van der Waals surface area contributed by atoms with Gasteiger partial charge in [-0.1, -0.05) is 54.1 Å². The van der Waals surface area contributed by atoms with E-state index in [0.717, 1.165) is 6.42 Å². The summed E-state index contributed by atoms with van der Waals surface area (Å²) < 4.78 is 2.14. The summed E-state index contributed by atoms with van der Waals surface area (Å²) in [5, 5.41) is 2.61. The van der Waals surface area contributed by atoms with Crippen molar-refractivity contribution < 1.29 is 51.0 Å². The van der Waals surface area contributed by atoms with Crippen LogP contribution in [0.15, 0.2) is 78.6 Å². The van der Waals surface area contributed by atoms with Gasteiger partial charge in [0, 0.05) is 0 Å². The first-order chi connectivity index (χ1) is 9.84. The van der Waals surface area contributed by atoms with Gasteiger partial charge in [-0.3, -0.25) is 6.08 Å². The van der Waals surface area contributed by atoms with E-state index in [-0.39, 0.29) is 51.0 Å². The first kappa shape index (κ1) is 22.1. The third kappa shape index (κ3) is 5.57. The number of aromatic nitrogens is 1. The van der Waals surface area contributed by atoms with Crippen LogP contribution in [0.3, 0.4) is 0 Å². The van der Waals surface area contributed by atoms with Gasteiger partial charge in [-0.15, -0.1) is 18.6 Å². The number of rotatable bonds is 1. The largest absolute Gasteiger partial charge is 4.00 e. The smallest absolute Gasteiger partial charge is 1.00 e. The molecule has 0 spiro atoms. The van der Waals surface area contributed by atoms with Gasteiger partial charge in [0.15, 0.2) is 0 Å². The summed E-state index contributed by atoms with van der Waals surface area (Å²) in [5.41, 5.74) is 2.53. The van der Waals surface area contributed by atoms with Crippen molar-refractivity contribution in [3.05, 3.63) is 84.7 Å². The molecule has 1 nitrogen and oxygen atoms in total. The fraction of sp³-hybridized carbons (Fsp3) is 0.105. The second-order valence-corrected chi connectivity index (χ2v) is 4.86. The van der Waals surface area contributed by atoms with Gasteiger partial charge in [0.1, 0.15) is 0 Å². The van der Waals surface area contributed by atoms with Crippen molar-refractivity contribution in [1.82, 2.24) is 4.57 Å². The van der Waals surface area contributed by atoms with Gasteiger partial charge in [0.2, 0.25) is 0 Å². The van der Waals surface area contributed by atoms with Gasteiger partial charge in [0.25, 0.3) is 0 Å². The molecule has 0 aliphatic heterocycles. The number of benzene rings is 1. The Kier molecular flexibility index (Phi) is 10.3. The molecule has 0 unspecified atom stereocenters. The molecule has 116 valence electrons. The fourth-order valence-corrected chi connectivity index (χ4v) is 2.37. The van der Waals surface area contributed by atoms with E-state index in [0.29, 0.717) is 0 Å². The molecule has 0 bridgehead atoms. The molecule has 0 saturated carbocycles. The minimum Gasteiger partial charge on any atom is -1.00 e. The van der Waals surface area contributed by atoms with Crippen molar-refractivity contribution in [2.24, 2.45) is 0 Å². The predicted octanol–water partition coefficient (Wildman–Crippen LogP) is -0.949. The normalized spacial score (nSPS) is 11.4. The average molecular weight is 421 g/mol. The molecule has 4 heteroatoms. The molecular weight excluding hydrogens is 404 g/mol. The summed E-state index contributed by atoms with van der Waals surface area (Å²) >= 11 is 0. The van der Waals surface area contributed by atoms with Crippen LogP contribution in [0.1, 0.15) is 13.3 Å². The van der Waals surface area contributed by atoms with Gasteiger partial charge in [-0.05, 0) is 18.1 Å². The predicted molar refractivity (Wildman–Crippen MR) is 85.1 cm³/mol. The van der Waals surface area contributed by atoms with E-state index < -0.39 is 0 Å². The summed E-state index contributed by atoms with van der Waals surface area (Å²) in [6.45, 7) is 2.06. The number of hydrogen-bond acceptors (Lipinski definition) is 0. The average Bonchev–Trinajstić information content (AvgIpc) is 3.19. The maximum absolute atomic E-state index is 3.12. The Balaban J connectivity index is 0.000000469. The van der Waals surface area contributed by atoms with Crippen molar-refractivity contribution in [3.8, 4) is 5.69 Å². The number of halogens is 2. The molecule has 2 aromatic carbocycles. The molecule has 4 rings (SSSR count).